The van der Waals surface area contributed by atoms with Gasteiger partial charge in [-0.15, -0.1) is 0 Å². The maximum absolute atomic E-state index is 11.0. The third kappa shape index (κ3) is 6.05. The topological polar surface area (TPSA) is 76.0 Å². The molecule has 5 nitrogen and oxygen atoms in total. The van der Waals surface area contributed by atoms with Crippen molar-refractivity contribution in [3.8, 4) is 0 Å². The van der Waals surface area contributed by atoms with Gasteiger partial charge in [-0.2, -0.15) is 0 Å². The Morgan fingerprint density at radius 2 is 2.00 bits per heavy atom. The van der Waals surface area contributed by atoms with E-state index < -0.39 is 11.6 Å². The van der Waals surface area contributed by atoms with Crippen LogP contribution >= 0.6 is 0 Å². The summed E-state index contributed by atoms with van der Waals surface area (Å²) in [6, 6.07) is 0. The van der Waals surface area contributed by atoms with Crippen molar-refractivity contribution in [1.29, 1.82) is 0 Å². The summed E-state index contributed by atoms with van der Waals surface area (Å²) in [5, 5.41) is 17.5. The van der Waals surface area contributed by atoms with E-state index in [9.17, 15) is 4.79 Å². The first-order valence-electron chi connectivity index (χ1n) is 5.62. The Labute approximate surface area is 96.4 Å². The highest BCUT2D eigenvalue weighted by Crippen LogP contribution is 2.19. The zero-order chi connectivity index (χ0) is 12.4. The molecule has 96 valence electrons. The molecule has 0 fully saturated rings. The number of carbonyl (C=O) groups is 1. The lowest BCUT2D eigenvalue weighted by Gasteiger charge is -2.25. The van der Waals surface area contributed by atoms with Crippen molar-refractivity contribution in [2.75, 3.05) is 26.4 Å². The monoisotopic (exact) mass is 234 g/mol. The molecular weight excluding hydrogens is 212 g/mol. The Hall–Kier alpha value is -0.650. The number of hydrogen-bond donors (Lipinski definition) is 2. The van der Waals surface area contributed by atoms with Crippen LogP contribution in [0, 0.1) is 0 Å². The second-order valence-corrected chi connectivity index (χ2v) is 3.82. The van der Waals surface area contributed by atoms with Gasteiger partial charge in [-0.1, -0.05) is 19.8 Å². The molecule has 16 heavy (non-hydrogen) atoms. The van der Waals surface area contributed by atoms with E-state index in [1.54, 1.807) is 6.92 Å². The largest absolute Gasteiger partial charge is 0.479 e. The molecule has 0 aromatic heterocycles. The zero-order valence-electron chi connectivity index (χ0n) is 10.1. The van der Waals surface area contributed by atoms with Crippen molar-refractivity contribution in [2.45, 2.75) is 38.7 Å². The maximum Gasteiger partial charge on any atom is 0.335 e. The van der Waals surface area contributed by atoms with Gasteiger partial charge in [-0.3, -0.25) is 0 Å². The van der Waals surface area contributed by atoms with Gasteiger partial charge in [0, 0.05) is 0 Å². The standard InChI is InChI=1S/C11H22O5/c1-3-4-5-11(2,10(13)14)16-9-8-15-7-6-12/h12H,3-9H2,1-2H3,(H,13,14). The number of hydrogen-bond acceptors (Lipinski definition) is 4. The van der Waals surface area contributed by atoms with Gasteiger partial charge in [0.15, 0.2) is 5.60 Å². The number of carboxylic acids is 1. The fraction of sp³-hybridized carbons (Fsp3) is 0.909. The van der Waals surface area contributed by atoms with Crippen LogP contribution in [0.15, 0.2) is 0 Å². The van der Waals surface area contributed by atoms with Crippen molar-refractivity contribution in [2.24, 2.45) is 0 Å². The molecule has 2 N–H and O–H groups in total. The fourth-order valence-corrected chi connectivity index (χ4v) is 1.25. The quantitative estimate of drug-likeness (QED) is 0.552. The average Bonchev–Trinajstić information content (AvgIpc) is 2.26. The van der Waals surface area contributed by atoms with Gasteiger partial charge >= 0.3 is 5.97 Å². The van der Waals surface area contributed by atoms with E-state index in [2.05, 4.69) is 0 Å². The zero-order valence-corrected chi connectivity index (χ0v) is 10.1. The first kappa shape index (κ1) is 15.3. The van der Waals surface area contributed by atoms with Gasteiger partial charge in [0.25, 0.3) is 0 Å². The summed E-state index contributed by atoms with van der Waals surface area (Å²) >= 11 is 0. The van der Waals surface area contributed by atoms with Crippen LogP contribution in [-0.2, 0) is 14.3 Å². The molecule has 0 aromatic carbocycles. The SMILES string of the molecule is CCCCC(C)(OCCOCCO)C(=O)O. The van der Waals surface area contributed by atoms with Crippen LogP contribution in [0.2, 0.25) is 0 Å². The van der Waals surface area contributed by atoms with Crippen molar-refractivity contribution in [3.05, 3.63) is 0 Å². The van der Waals surface area contributed by atoms with Crippen molar-refractivity contribution < 1.29 is 24.5 Å². The summed E-state index contributed by atoms with van der Waals surface area (Å²) in [5.74, 6) is -0.942. The van der Waals surface area contributed by atoms with Gasteiger partial charge in [0.1, 0.15) is 0 Å². The number of aliphatic carboxylic acids is 1. The van der Waals surface area contributed by atoms with E-state index in [0.717, 1.165) is 12.8 Å². The van der Waals surface area contributed by atoms with Crippen LogP contribution in [0.3, 0.4) is 0 Å². The molecule has 0 bridgehead atoms. The highest BCUT2D eigenvalue weighted by Gasteiger charge is 2.33. The van der Waals surface area contributed by atoms with Crippen LogP contribution < -0.4 is 0 Å². The third-order valence-electron chi connectivity index (χ3n) is 2.34. The summed E-state index contributed by atoms with van der Waals surface area (Å²) in [5.41, 5.74) is -1.13. The van der Waals surface area contributed by atoms with Gasteiger partial charge in [0.2, 0.25) is 0 Å². The predicted molar refractivity (Wildman–Crippen MR) is 59.4 cm³/mol. The Bertz CT molecular complexity index is 195. The van der Waals surface area contributed by atoms with Crippen molar-refractivity contribution >= 4 is 5.97 Å². The van der Waals surface area contributed by atoms with Crippen LogP contribution in [0.5, 0.6) is 0 Å². The highest BCUT2D eigenvalue weighted by molar-refractivity contribution is 5.76. The molecule has 1 unspecified atom stereocenters. The number of rotatable bonds is 10. The summed E-state index contributed by atoms with van der Waals surface area (Å²) in [4.78, 5) is 11.0. The number of unbranched alkanes of at least 4 members (excludes halogenated alkanes) is 1. The lowest BCUT2D eigenvalue weighted by molar-refractivity contribution is -0.166. The molecule has 0 amide bonds. The molecule has 0 saturated carbocycles. The Morgan fingerprint density at radius 1 is 1.31 bits per heavy atom. The van der Waals surface area contributed by atoms with E-state index in [4.69, 9.17) is 19.7 Å². The third-order valence-corrected chi connectivity index (χ3v) is 2.34. The summed E-state index contributed by atoms with van der Waals surface area (Å²) in [7, 11) is 0. The number of aliphatic hydroxyl groups is 1. The second-order valence-electron chi connectivity index (χ2n) is 3.82. The molecule has 0 radical (unpaired) electrons. The minimum absolute atomic E-state index is 0.0357. The van der Waals surface area contributed by atoms with Crippen LogP contribution in [0.1, 0.15) is 33.1 Å². The smallest absolute Gasteiger partial charge is 0.335 e. The number of aliphatic hydroxyl groups excluding tert-OH is 1. The molecule has 0 aliphatic rings. The highest BCUT2D eigenvalue weighted by atomic mass is 16.6. The molecular formula is C11H22O5. The van der Waals surface area contributed by atoms with Crippen molar-refractivity contribution in [1.82, 2.24) is 0 Å². The van der Waals surface area contributed by atoms with Crippen LogP contribution in [0.4, 0.5) is 0 Å². The van der Waals surface area contributed by atoms with E-state index in [0.29, 0.717) is 13.0 Å². The van der Waals surface area contributed by atoms with Gasteiger partial charge in [0.05, 0.1) is 26.4 Å². The lowest BCUT2D eigenvalue weighted by Crippen LogP contribution is -2.39. The molecule has 0 aliphatic heterocycles. The minimum atomic E-state index is -1.13. The molecule has 0 saturated heterocycles. The molecule has 0 aromatic rings. The number of ether oxygens (including phenoxy) is 2. The van der Waals surface area contributed by atoms with E-state index >= 15 is 0 Å². The summed E-state index contributed by atoms with van der Waals surface area (Å²) in [6.07, 6.45) is 2.26. The van der Waals surface area contributed by atoms with Crippen LogP contribution in [-0.4, -0.2) is 48.2 Å². The Balaban J connectivity index is 3.88. The average molecular weight is 234 g/mol. The Morgan fingerprint density at radius 3 is 2.50 bits per heavy atom. The Kier molecular flexibility index (Phi) is 8.15. The van der Waals surface area contributed by atoms with Crippen LogP contribution in [0.25, 0.3) is 0 Å². The van der Waals surface area contributed by atoms with E-state index in [1.165, 1.54) is 0 Å². The molecule has 0 rings (SSSR count). The van der Waals surface area contributed by atoms with Crippen molar-refractivity contribution in [3.63, 3.8) is 0 Å². The molecule has 0 aliphatic carbocycles. The second kappa shape index (κ2) is 8.50. The van der Waals surface area contributed by atoms with Gasteiger partial charge in [-0.05, 0) is 13.3 Å². The van der Waals surface area contributed by atoms with E-state index in [-0.39, 0.29) is 19.8 Å². The summed E-state index contributed by atoms with van der Waals surface area (Å²) < 4.78 is 10.3. The van der Waals surface area contributed by atoms with Gasteiger partial charge in [-0.25, -0.2) is 4.79 Å². The molecule has 0 spiro atoms. The first-order valence-corrected chi connectivity index (χ1v) is 5.62. The molecule has 1 atom stereocenters. The fourth-order valence-electron chi connectivity index (χ4n) is 1.25. The first-order chi connectivity index (χ1) is 7.56. The number of carboxylic acid groups (broad SMARTS) is 1. The molecule has 0 heterocycles. The molecule has 5 heteroatoms. The predicted octanol–water partition coefficient (Wildman–Crippen LogP) is 1.05. The normalized spacial score (nSPS) is 14.7. The van der Waals surface area contributed by atoms with E-state index in [1.807, 2.05) is 6.92 Å². The minimum Gasteiger partial charge on any atom is -0.479 e. The summed E-state index contributed by atoms with van der Waals surface area (Å²) in [6.45, 7) is 4.33. The lowest BCUT2D eigenvalue weighted by atomic mass is 9.99. The van der Waals surface area contributed by atoms with Gasteiger partial charge < -0.3 is 19.7 Å². The maximum atomic E-state index is 11.0.